The van der Waals surface area contributed by atoms with Crippen LogP contribution in [-0.4, -0.2) is 55.0 Å². The number of nitrogens with one attached hydrogen (secondary N) is 2. The van der Waals surface area contributed by atoms with Crippen LogP contribution in [0.1, 0.15) is 62.3 Å². The van der Waals surface area contributed by atoms with E-state index in [0.29, 0.717) is 46.9 Å². The third-order valence-electron chi connectivity index (χ3n) is 8.82. The normalized spacial score (nSPS) is 21.8. The SMILES string of the molecule is CC(=O)NNC(=O)C[C@@H]1O[C@H](c2cccc(Cl)c2)[C@@H](c2ccc(Cl)cc2)N([C@H](CN(c2ccccc2F)S(=O)(=O)C2CC2)C2CC2)C1=O. The number of hydrazine groups is 1. The van der Waals surface area contributed by atoms with E-state index in [1.165, 1.54) is 25.1 Å². The van der Waals surface area contributed by atoms with Crippen molar-refractivity contribution in [3.8, 4) is 0 Å². The summed E-state index contributed by atoms with van der Waals surface area (Å²) in [7, 11) is -3.98. The largest absolute Gasteiger partial charge is 0.357 e. The van der Waals surface area contributed by atoms with Gasteiger partial charge in [-0.1, -0.05) is 59.6 Å². The van der Waals surface area contributed by atoms with Crippen molar-refractivity contribution in [1.29, 1.82) is 0 Å². The second-order valence-electron chi connectivity index (χ2n) is 12.4. The lowest BCUT2D eigenvalue weighted by Gasteiger charge is -2.49. The minimum absolute atomic E-state index is 0.0866. The summed E-state index contributed by atoms with van der Waals surface area (Å²) in [5.41, 5.74) is 5.71. The van der Waals surface area contributed by atoms with Crippen LogP contribution >= 0.6 is 23.2 Å². The number of benzene rings is 3. The predicted octanol–water partition coefficient (Wildman–Crippen LogP) is 5.48. The van der Waals surface area contributed by atoms with Crippen molar-refractivity contribution in [2.45, 2.75) is 68.6 Å². The van der Waals surface area contributed by atoms with Crippen LogP contribution in [0.5, 0.6) is 0 Å². The lowest BCUT2D eigenvalue weighted by Crippen LogP contribution is -2.59. The quantitative estimate of drug-likeness (QED) is 0.254. The summed E-state index contributed by atoms with van der Waals surface area (Å²) in [6.45, 7) is 1.03. The number of amides is 3. The number of morpholine rings is 1. The van der Waals surface area contributed by atoms with Gasteiger partial charge in [-0.2, -0.15) is 0 Å². The molecule has 3 aromatic carbocycles. The highest BCUT2D eigenvalue weighted by molar-refractivity contribution is 7.93. The van der Waals surface area contributed by atoms with Gasteiger partial charge in [0.05, 0.1) is 36.0 Å². The van der Waals surface area contributed by atoms with Crippen LogP contribution in [0.15, 0.2) is 72.8 Å². The van der Waals surface area contributed by atoms with Crippen molar-refractivity contribution < 1.29 is 31.9 Å². The van der Waals surface area contributed by atoms with Gasteiger partial charge >= 0.3 is 0 Å². The molecule has 1 saturated heterocycles. The predicted molar refractivity (Wildman–Crippen MR) is 179 cm³/mol. The second kappa shape index (κ2) is 14.0. The Balaban J connectivity index is 1.48. The number of nitrogens with zero attached hydrogens (tertiary/aromatic N) is 2. The summed E-state index contributed by atoms with van der Waals surface area (Å²) in [5, 5.41) is 0.253. The van der Waals surface area contributed by atoms with E-state index in [0.717, 1.165) is 4.31 Å². The molecule has 3 fully saturated rings. The van der Waals surface area contributed by atoms with E-state index in [9.17, 15) is 22.8 Å². The van der Waals surface area contributed by atoms with Crippen molar-refractivity contribution >= 4 is 56.6 Å². The molecule has 2 N–H and O–H groups in total. The minimum atomic E-state index is -3.98. The molecule has 3 amide bonds. The smallest absolute Gasteiger partial charge is 0.253 e. The van der Waals surface area contributed by atoms with Crippen LogP contribution in [0, 0.1) is 11.7 Å². The molecule has 10 nitrogen and oxygen atoms in total. The average molecular weight is 718 g/mol. The molecule has 2 aliphatic carbocycles. The maximum Gasteiger partial charge on any atom is 0.253 e. The van der Waals surface area contributed by atoms with E-state index < -0.39 is 69.5 Å². The van der Waals surface area contributed by atoms with Crippen LogP contribution in [0.2, 0.25) is 10.0 Å². The molecule has 3 aliphatic rings. The summed E-state index contributed by atoms with van der Waals surface area (Å²) in [6, 6.07) is 18.1. The van der Waals surface area contributed by atoms with Crippen LogP contribution in [0.25, 0.3) is 0 Å². The summed E-state index contributed by atoms with van der Waals surface area (Å²) >= 11 is 12.7. The first-order valence-electron chi connectivity index (χ1n) is 15.7. The molecule has 4 atom stereocenters. The molecule has 1 aliphatic heterocycles. The number of hydrogen-bond donors (Lipinski definition) is 2. The Hall–Kier alpha value is -3.71. The third kappa shape index (κ3) is 7.46. The number of halogens is 3. The molecule has 0 bridgehead atoms. The third-order valence-corrected chi connectivity index (χ3v) is 11.6. The molecule has 254 valence electrons. The Morgan fingerprint density at radius 2 is 1.67 bits per heavy atom. The van der Waals surface area contributed by atoms with Gasteiger partial charge < -0.3 is 9.64 Å². The Bertz CT molecular complexity index is 1800. The first-order chi connectivity index (χ1) is 22.9. The highest BCUT2D eigenvalue weighted by atomic mass is 35.5. The van der Waals surface area contributed by atoms with Gasteiger partial charge in [0.1, 0.15) is 18.0 Å². The number of para-hydroxylation sites is 1. The number of rotatable bonds is 11. The second-order valence-corrected chi connectivity index (χ2v) is 15.4. The first kappa shape index (κ1) is 34.2. The van der Waals surface area contributed by atoms with Crippen molar-refractivity contribution in [1.82, 2.24) is 15.8 Å². The molecule has 48 heavy (non-hydrogen) atoms. The zero-order valence-electron chi connectivity index (χ0n) is 26.0. The van der Waals surface area contributed by atoms with Gasteiger partial charge in [0.2, 0.25) is 21.8 Å². The maximum atomic E-state index is 15.4. The Morgan fingerprint density at radius 3 is 2.29 bits per heavy atom. The molecule has 6 rings (SSSR count). The van der Waals surface area contributed by atoms with E-state index in [1.54, 1.807) is 59.5 Å². The first-order valence-corrected chi connectivity index (χ1v) is 18.0. The summed E-state index contributed by atoms with van der Waals surface area (Å²) in [5.74, 6) is -2.51. The number of anilines is 1. The van der Waals surface area contributed by atoms with E-state index in [-0.39, 0.29) is 18.2 Å². The minimum Gasteiger partial charge on any atom is -0.357 e. The molecule has 1 heterocycles. The molecule has 14 heteroatoms. The zero-order valence-corrected chi connectivity index (χ0v) is 28.3. The fourth-order valence-electron chi connectivity index (χ4n) is 6.24. The monoisotopic (exact) mass is 716 g/mol. The molecule has 3 aromatic rings. The number of hydrogen-bond acceptors (Lipinski definition) is 6. The number of ether oxygens (including phenoxy) is 1. The van der Waals surface area contributed by atoms with E-state index >= 15 is 4.39 Å². The fraction of sp³-hybridized carbons (Fsp3) is 0.382. The van der Waals surface area contributed by atoms with Crippen LogP contribution < -0.4 is 15.2 Å². The van der Waals surface area contributed by atoms with Crippen molar-refractivity contribution in [2.24, 2.45) is 5.92 Å². The Morgan fingerprint density at radius 1 is 0.958 bits per heavy atom. The molecule has 2 saturated carbocycles. The van der Waals surface area contributed by atoms with Crippen LogP contribution in [0.4, 0.5) is 10.1 Å². The van der Waals surface area contributed by atoms with Gasteiger partial charge in [-0.15, -0.1) is 0 Å². The molecule has 0 unspecified atom stereocenters. The molecule has 0 spiro atoms. The van der Waals surface area contributed by atoms with Crippen molar-refractivity contribution in [3.63, 3.8) is 0 Å². The molecular weight excluding hydrogens is 682 g/mol. The van der Waals surface area contributed by atoms with Crippen molar-refractivity contribution in [2.75, 3.05) is 10.8 Å². The van der Waals surface area contributed by atoms with Gasteiger partial charge in [-0.3, -0.25) is 29.5 Å². The van der Waals surface area contributed by atoms with Gasteiger partial charge in [-0.05, 0) is 79.1 Å². The molecule has 0 radical (unpaired) electrons. The van der Waals surface area contributed by atoms with Gasteiger partial charge in [0, 0.05) is 17.0 Å². The van der Waals surface area contributed by atoms with E-state index in [2.05, 4.69) is 10.9 Å². The summed E-state index contributed by atoms with van der Waals surface area (Å²) in [6.07, 6.45) is -0.242. The topological polar surface area (TPSA) is 125 Å². The summed E-state index contributed by atoms with van der Waals surface area (Å²) in [4.78, 5) is 40.7. The van der Waals surface area contributed by atoms with E-state index in [4.69, 9.17) is 27.9 Å². The highest BCUT2D eigenvalue weighted by Gasteiger charge is 2.52. The van der Waals surface area contributed by atoms with Gasteiger partial charge in [0.25, 0.3) is 5.91 Å². The van der Waals surface area contributed by atoms with Crippen LogP contribution in [0.3, 0.4) is 0 Å². The average Bonchev–Trinajstić information content (AvgIpc) is 3.96. The lowest BCUT2D eigenvalue weighted by atomic mass is 9.89. The van der Waals surface area contributed by atoms with E-state index in [1.807, 2.05) is 0 Å². The molecular formula is C34H35Cl2FN4O6S. The highest BCUT2D eigenvalue weighted by Crippen LogP contribution is 2.49. The number of carbonyl (C=O) groups is 3. The number of carbonyl (C=O) groups excluding carboxylic acids is 3. The lowest BCUT2D eigenvalue weighted by molar-refractivity contribution is -0.181. The van der Waals surface area contributed by atoms with Gasteiger partial charge in [-0.25, -0.2) is 12.8 Å². The zero-order chi connectivity index (χ0) is 34.2. The maximum absolute atomic E-state index is 15.4. The van der Waals surface area contributed by atoms with Crippen LogP contribution in [-0.2, 0) is 29.1 Å². The standard InChI is InChI=1S/C34H35Cl2FN4O6S/c1-20(42)38-39-31(43)18-30-34(44)41(32(22-11-13-24(35)14-12-22)33(47-30)23-5-4-6-25(36)17-23)29(21-9-10-21)19-40(48(45,46)26-15-16-26)28-8-3-2-7-27(28)37/h2-8,11-14,17,21,26,29-30,32-33H,9-10,15-16,18-19H2,1H3,(H,38,42)(H,39,43)/t29-,30+,32-,33-/m1/s1. The fourth-order valence-corrected chi connectivity index (χ4v) is 8.43. The van der Waals surface area contributed by atoms with Crippen molar-refractivity contribution in [3.05, 3.63) is 99.8 Å². The summed E-state index contributed by atoms with van der Waals surface area (Å²) < 4.78 is 50.9. The Kier molecular flexibility index (Phi) is 9.98. The molecule has 0 aromatic heterocycles. The number of sulfonamides is 1. The Labute approximate surface area is 288 Å². The van der Waals surface area contributed by atoms with Gasteiger partial charge in [0.15, 0.2) is 0 Å².